The summed E-state index contributed by atoms with van der Waals surface area (Å²) in [7, 11) is 0. The second-order valence-electron chi connectivity index (χ2n) is 3.51. The number of rotatable bonds is 1. The minimum atomic E-state index is -0.763. The van der Waals surface area contributed by atoms with Gasteiger partial charge in [0, 0.05) is 11.8 Å². The Labute approximate surface area is 70.1 Å². The number of allylic oxidation sites excluding steroid dienone is 2. The maximum atomic E-state index is 11.3. The molecule has 0 unspecified atom stereocenters. The van der Waals surface area contributed by atoms with Crippen molar-refractivity contribution in [1.29, 1.82) is 0 Å². The lowest BCUT2D eigenvalue weighted by Crippen LogP contribution is -2.30. The number of hydrogen-bond acceptors (Lipinski definition) is 2. The maximum Gasteiger partial charge on any atom is 0.306 e. The first kappa shape index (κ1) is 7.53. The number of carbonyl (C=O) groups is 2. The second kappa shape index (κ2) is 2.44. The molecular formula is C9H10O3. The molecule has 12 heavy (non-hydrogen) atoms. The Kier molecular flexibility index (Phi) is 1.53. The molecule has 3 heteroatoms. The Morgan fingerprint density at radius 1 is 1.33 bits per heavy atom. The van der Waals surface area contributed by atoms with Gasteiger partial charge in [0.15, 0.2) is 0 Å². The molecule has 2 atom stereocenters. The first-order valence-electron chi connectivity index (χ1n) is 4.13. The quantitative estimate of drug-likeness (QED) is 0.587. The number of carboxylic acid groups (broad SMARTS) is 1. The normalized spacial score (nSPS) is 38.7. The molecule has 1 saturated carbocycles. The van der Waals surface area contributed by atoms with E-state index < -0.39 is 5.97 Å². The van der Waals surface area contributed by atoms with E-state index >= 15 is 0 Å². The molecule has 3 nitrogen and oxygen atoms in total. The van der Waals surface area contributed by atoms with E-state index in [1.165, 1.54) is 0 Å². The summed E-state index contributed by atoms with van der Waals surface area (Å²) in [5.74, 6) is -1.07. The van der Waals surface area contributed by atoms with Crippen molar-refractivity contribution in [1.82, 2.24) is 0 Å². The molecule has 0 heterocycles. The van der Waals surface area contributed by atoms with E-state index in [1.54, 1.807) is 0 Å². The van der Waals surface area contributed by atoms with E-state index in [1.807, 2.05) is 12.2 Å². The van der Waals surface area contributed by atoms with Crippen LogP contribution in [0.1, 0.15) is 12.8 Å². The van der Waals surface area contributed by atoms with Crippen LogP contribution in [-0.2, 0) is 9.59 Å². The SMILES string of the molecule is O=C(O)C1C[C@@H]2C=C[C@@H](C1)C2=O. The van der Waals surface area contributed by atoms with E-state index in [0.717, 1.165) is 0 Å². The van der Waals surface area contributed by atoms with Crippen molar-refractivity contribution < 1.29 is 14.7 Å². The van der Waals surface area contributed by atoms with Crippen LogP contribution in [0.2, 0.25) is 0 Å². The summed E-state index contributed by atoms with van der Waals surface area (Å²) in [6.07, 6.45) is 4.72. The van der Waals surface area contributed by atoms with Gasteiger partial charge in [0.2, 0.25) is 0 Å². The smallest absolute Gasteiger partial charge is 0.306 e. The molecule has 0 saturated heterocycles. The lowest BCUT2D eigenvalue weighted by molar-refractivity contribution is -0.144. The fraction of sp³-hybridized carbons (Fsp3) is 0.556. The van der Waals surface area contributed by atoms with Gasteiger partial charge in [-0.2, -0.15) is 0 Å². The van der Waals surface area contributed by atoms with Crippen LogP contribution in [-0.4, -0.2) is 16.9 Å². The zero-order valence-corrected chi connectivity index (χ0v) is 6.56. The van der Waals surface area contributed by atoms with Crippen molar-refractivity contribution >= 4 is 11.8 Å². The minimum absolute atomic E-state index is 0.107. The highest BCUT2D eigenvalue weighted by atomic mass is 16.4. The molecule has 1 N–H and O–H groups in total. The Bertz CT molecular complexity index is 249. The highest BCUT2D eigenvalue weighted by molar-refractivity contribution is 5.91. The molecule has 2 aliphatic rings. The van der Waals surface area contributed by atoms with Crippen LogP contribution in [0.3, 0.4) is 0 Å². The first-order valence-corrected chi connectivity index (χ1v) is 4.13. The van der Waals surface area contributed by atoms with Gasteiger partial charge in [-0.05, 0) is 12.8 Å². The van der Waals surface area contributed by atoms with Gasteiger partial charge in [0.1, 0.15) is 5.78 Å². The third kappa shape index (κ3) is 0.967. The third-order valence-corrected chi connectivity index (χ3v) is 2.73. The Morgan fingerprint density at radius 3 is 2.25 bits per heavy atom. The van der Waals surface area contributed by atoms with E-state index in [4.69, 9.17) is 5.11 Å². The summed E-state index contributed by atoms with van der Waals surface area (Å²) in [6, 6.07) is 0. The van der Waals surface area contributed by atoms with Gasteiger partial charge < -0.3 is 5.11 Å². The Morgan fingerprint density at radius 2 is 1.83 bits per heavy atom. The molecule has 2 aliphatic carbocycles. The minimum Gasteiger partial charge on any atom is -0.481 e. The predicted octanol–water partition coefficient (Wildman–Crippen LogP) is 0.852. The van der Waals surface area contributed by atoms with Gasteiger partial charge in [-0.3, -0.25) is 9.59 Å². The summed E-state index contributed by atoms with van der Waals surface area (Å²) < 4.78 is 0. The summed E-state index contributed by atoms with van der Waals surface area (Å²) in [6.45, 7) is 0. The number of fused-ring (bicyclic) bond motifs is 2. The van der Waals surface area contributed by atoms with Gasteiger partial charge in [-0.15, -0.1) is 0 Å². The van der Waals surface area contributed by atoms with E-state index in [-0.39, 0.29) is 23.5 Å². The maximum absolute atomic E-state index is 11.3. The van der Waals surface area contributed by atoms with Gasteiger partial charge in [0.25, 0.3) is 0 Å². The number of carboxylic acids is 1. The van der Waals surface area contributed by atoms with Crippen molar-refractivity contribution in [2.24, 2.45) is 17.8 Å². The average Bonchev–Trinajstić information content (AvgIpc) is 2.30. The monoisotopic (exact) mass is 166 g/mol. The molecule has 2 bridgehead atoms. The second-order valence-corrected chi connectivity index (χ2v) is 3.51. The van der Waals surface area contributed by atoms with Crippen LogP contribution in [0, 0.1) is 17.8 Å². The molecule has 2 rings (SSSR count). The molecule has 0 radical (unpaired) electrons. The van der Waals surface area contributed by atoms with Crippen LogP contribution in [0.15, 0.2) is 12.2 Å². The molecule has 0 aromatic rings. The summed E-state index contributed by atoms with van der Waals surface area (Å²) in [5, 5.41) is 8.75. The number of Topliss-reactive ketones (excluding diaryl/α,β-unsaturated/α-hetero) is 1. The summed E-state index contributed by atoms with van der Waals surface area (Å²) >= 11 is 0. The Hall–Kier alpha value is -1.12. The average molecular weight is 166 g/mol. The van der Waals surface area contributed by atoms with Gasteiger partial charge >= 0.3 is 5.97 Å². The van der Waals surface area contributed by atoms with Crippen molar-refractivity contribution in [3.05, 3.63) is 12.2 Å². The van der Waals surface area contributed by atoms with Crippen molar-refractivity contribution in [2.75, 3.05) is 0 Å². The van der Waals surface area contributed by atoms with Gasteiger partial charge in [-0.1, -0.05) is 12.2 Å². The molecule has 0 aliphatic heterocycles. The van der Waals surface area contributed by atoms with Crippen LogP contribution in [0.25, 0.3) is 0 Å². The molecule has 1 fully saturated rings. The van der Waals surface area contributed by atoms with Crippen LogP contribution >= 0.6 is 0 Å². The highest BCUT2D eigenvalue weighted by Gasteiger charge is 2.40. The number of carbonyl (C=O) groups excluding carboxylic acids is 1. The number of aliphatic carboxylic acids is 1. The first-order chi connectivity index (χ1) is 5.68. The molecule has 0 spiro atoms. The van der Waals surface area contributed by atoms with E-state index in [2.05, 4.69) is 0 Å². The van der Waals surface area contributed by atoms with Crippen molar-refractivity contribution in [3.63, 3.8) is 0 Å². The lowest BCUT2D eigenvalue weighted by Gasteiger charge is -2.23. The van der Waals surface area contributed by atoms with Crippen molar-refractivity contribution in [2.45, 2.75) is 12.8 Å². The number of hydrogen-bond donors (Lipinski definition) is 1. The van der Waals surface area contributed by atoms with Gasteiger partial charge in [0.05, 0.1) is 5.92 Å². The zero-order valence-electron chi connectivity index (χ0n) is 6.56. The molecule has 64 valence electrons. The third-order valence-electron chi connectivity index (χ3n) is 2.73. The van der Waals surface area contributed by atoms with Crippen molar-refractivity contribution in [3.8, 4) is 0 Å². The molecule has 0 aromatic carbocycles. The van der Waals surface area contributed by atoms with Crippen LogP contribution in [0.5, 0.6) is 0 Å². The molecule has 0 amide bonds. The van der Waals surface area contributed by atoms with Crippen LogP contribution in [0.4, 0.5) is 0 Å². The lowest BCUT2D eigenvalue weighted by atomic mass is 9.79. The standard InChI is InChI=1S/C9H10O3/c10-8-5-1-2-6(8)4-7(3-5)9(11)12/h1-2,5-7H,3-4H2,(H,11,12)/t5-,6-/m0/s1. The highest BCUT2D eigenvalue weighted by Crippen LogP contribution is 2.37. The van der Waals surface area contributed by atoms with E-state index in [9.17, 15) is 9.59 Å². The number of ketones is 1. The summed E-state index contributed by atoms with van der Waals surface area (Å²) in [5.41, 5.74) is 0. The fourth-order valence-electron chi connectivity index (χ4n) is 2.03. The fourth-order valence-corrected chi connectivity index (χ4v) is 2.03. The molecular weight excluding hydrogens is 156 g/mol. The van der Waals surface area contributed by atoms with E-state index in [0.29, 0.717) is 12.8 Å². The van der Waals surface area contributed by atoms with Gasteiger partial charge in [-0.25, -0.2) is 0 Å². The Balaban J connectivity index is 2.15. The van der Waals surface area contributed by atoms with Crippen LogP contribution < -0.4 is 0 Å². The largest absolute Gasteiger partial charge is 0.481 e. The topological polar surface area (TPSA) is 54.4 Å². The summed E-state index contributed by atoms with van der Waals surface area (Å²) in [4.78, 5) is 21.9. The zero-order chi connectivity index (χ0) is 8.72. The predicted molar refractivity (Wildman–Crippen MR) is 41.5 cm³/mol. The molecule has 0 aromatic heterocycles.